The topological polar surface area (TPSA) is 111 Å². The molecule has 2 aromatic rings. The second-order valence-electron chi connectivity index (χ2n) is 8.56. The van der Waals surface area contributed by atoms with Crippen LogP contribution in [-0.2, 0) is 0 Å². The molecule has 1 aliphatic heterocycles. The van der Waals surface area contributed by atoms with E-state index in [2.05, 4.69) is 15.3 Å². The average Bonchev–Trinajstić information content (AvgIpc) is 3.14. The fourth-order valence-electron chi connectivity index (χ4n) is 4.21. The Labute approximate surface area is 196 Å². The predicted molar refractivity (Wildman–Crippen MR) is 122 cm³/mol. The molecule has 0 bridgehead atoms. The van der Waals surface area contributed by atoms with Crippen LogP contribution in [0.2, 0.25) is 5.02 Å². The molecule has 8 nitrogen and oxygen atoms in total. The van der Waals surface area contributed by atoms with Crippen LogP contribution in [0.4, 0.5) is 4.39 Å². The number of aliphatic hydroxyl groups is 1. The Morgan fingerprint density at radius 2 is 2.03 bits per heavy atom. The fourth-order valence-corrected chi connectivity index (χ4v) is 4.29. The Balaban J connectivity index is 1.48. The zero-order valence-corrected chi connectivity index (χ0v) is 19.3. The van der Waals surface area contributed by atoms with Crippen LogP contribution >= 0.6 is 11.6 Å². The largest absolute Gasteiger partial charge is 0.489 e. The molecule has 0 radical (unpaired) electrons. The lowest BCUT2D eigenvalue weighted by atomic mass is 9.89. The fraction of sp³-hybridized carbons (Fsp3) is 0.478. The van der Waals surface area contributed by atoms with Gasteiger partial charge in [-0.15, -0.1) is 0 Å². The molecule has 2 heterocycles. The van der Waals surface area contributed by atoms with Crippen molar-refractivity contribution < 1.29 is 19.0 Å². The summed E-state index contributed by atoms with van der Waals surface area (Å²) in [6.45, 7) is 4.55. The van der Waals surface area contributed by atoms with Gasteiger partial charge in [-0.1, -0.05) is 11.6 Å². The molecular weight excluding hydrogens is 449 g/mol. The number of hydrogen-bond acceptors (Lipinski definition) is 7. The van der Waals surface area contributed by atoms with Crippen LogP contribution in [0.3, 0.4) is 0 Å². The minimum absolute atomic E-state index is 0.0661. The number of halogens is 2. The van der Waals surface area contributed by atoms with Gasteiger partial charge in [0, 0.05) is 30.9 Å². The van der Waals surface area contributed by atoms with Crippen molar-refractivity contribution >= 4 is 23.2 Å². The van der Waals surface area contributed by atoms with Gasteiger partial charge in [0.05, 0.1) is 41.0 Å². The van der Waals surface area contributed by atoms with Crippen molar-refractivity contribution in [1.29, 1.82) is 5.41 Å². The van der Waals surface area contributed by atoms with Crippen LogP contribution in [-0.4, -0.2) is 70.0 Å². The summed E-state index contributed by atoms with van der Waals surface area (Å²) in [5, 5.41) is 21.0. The Morgan fingerprint density at radius 1 is 1.33 bits per heavy atom. The van der Waals surface area contributed by atoms with Crippen LogP contribution in [0.5, 0.6) is 5.75 Å². The number of aliphatic hydroxyl groups excluding tert-OH is 1. The minimum atomic E-state index is -0.483. The first-order valence-corrected chi connectivity index (χ1v) is 11.3. The lowest BCUT2D eigenvalue weighted by Gasteiger charge is -2.36. The van der Waals surface area contributed by atoms with Crippen molar-refractivity contribution in [1.82, 2.24) is 20.2 Å². The number of nitrogens with one attached hydrogen (secondary N) is 2. The van der Waals surface area contributed by atoms with Gasteiger partial charge in [0.15, 0.2) is 0 Å². The van der Waals surface area contributed by atoms with Crippen molar-refractivity contribution in [3.8, 4) is 5.75 Å². The standard InChI is InChI=1S/C23H27ClFN5O3/c1-12-21(24)13(2)29-22(28-12)18-10-30(11-19(18)26)23(32)17-4-3-14(25)7-20(17)33-16-8-15(9-16)27-5-6-31/h3-4,7,15-16,18,26-27,31H,5-6,8-11H2,1-2H3. The number of likely N-dealkylation sites (tertiary alicyclic amines) is 1. The number of aryl methyl sites for hydroxylation is 2. The Hall–Kier alpha value is -2.62. The third-order valence-electron chi connectivity index (χ3n) is 6.09. The van der Waals surface area contributed by atoms with Gasteiger partial charge in [-0.25, -0.2) is 14.4 Å². The Kier molecular flexibility index (Phi) is 6.92. The molecule has 1 atom stereocenters. The van der Waals surface area contributed by atoms with Gasteiger partial charge in [0.25, 0.3) is 5.91 Å². The number of nitrogens with zero attached hydrogens (tertiary/aromatic N) is 3. The predicted octanol–water partition coefficient (Wildman–Crippen LogP) is 2.64. The number of benzene rings is 1. The molecular formula is C23H27ClFN5O3. The molecule has 33 heavy (non-hydrogen) atoms. The van der Waals surface area contributed by atoms with E-state index in [9.17, 15) is 9.18 Å². The van der Waals surface area contributed by atoms with Gasteiger partial charge < -0.3 is 25.5 Å². The van der Waals surface area contributed by atoms with Gasteiger partial charge in [0.1, 0.15) is 23.5 Å². The van der Waals surface area contributed by atoms with Crippen molar-refractivity contribution in [2.45, 2.75) is 44.8 Å². The Bertz CT molecular complexity index is 1050. The summed E-state index contributed by atoms with van der Waals surface area (Å²) < 4.78 is 19.9. The van der Waals surface area contributed by atoms with E-state index in [1.54, 1.807) is 18.7 Å². The highest BCUT2D eigenvalue weighted by Gasteiger charge is 2.36. The second-order valence-corrected chi connectivity index (χ2v) is 8.93. The molecule has 10 heteroatoms. The third kappa shape index (κ3) is 5.00. The van der Waals surface area contributed by atoms with E-state index in [0.29, 0.717) is 47.3 Å². The van der Waals surface area contributed by atoms with Crippen molar-refractivity contribution in [3.05, 3.63) is 51.8 Å². The molecule has 4 rings (SSSR count). The second kappa shape index (κ2) is 9.70. The molecule has 1 saturated carbocycles. The highest BCUT2D eigenvalue weighted by molar-refractivity contribution is 6.31. The first-order valence-electron chi connectivity index (χ1n) is 10.9. The molecule has 1 aromatic carbocycles. The van der Waals surface area contributed by atoms with Gasteiger partial charge in [0.2, 0.25) is 0 Å². The number of carbonyl (C=O) groups excluding carboxylic acids is 1. The highest BCUT2D eigenvalue weighted by Crippen LogP contribution is 2.32. The van der Waals surface area contributed by atoms with Gasteiger partial charge >= 0.3 is 0 Å². The number of amides is 1. The first kappa shape index (κ1) is 23.5. The lowest BCUT2D eigenvalue weighted by Crippen LogP contribution is -2.47. The number of hydrogen-bond donors (Lipinski definition) is 3. The zero-order chi connectivity index (χ0) is 23.7. The number of ether oxygens (including phenoxy) is 1. The maximum Gasteiger partial charge on any atom is 0.257 e. The summed E-state index contributed by atoms with van der Waals surface area (Å²) in [6.07, 6.45) is 1.30. The highest BCUT2D eigenvalue weighted by atomic mass is 35.5. The minimum Gasteiger partial charge on any atom is -0.489 e. The van der Waals surface area contributed by atoms with Crippen molar-refractivity contribution in [2.75, 3.05) is 26.2 Å². The maximum atomic E-state index is 14.0. The quantitative estimate of drug-likeness (QED) is 0.567. The van der Waals surface area contributed by atoms with Crippen LogP contribution in [0.25, 0.3) is 0 Å². The maximum absolute atomic E-state index is 14.0. The van der Waals surface area contributed by atoms with Crippen LogP contribution < -0.4 is 10.1 Å². The molecule has 176 valence electrons. The van der Waals surface area contributed by atoms with E-state index in [-0.39, 0.29) is 49.1 Å². The van der Waals surface area contributed by atoms with Crippen LogP contribution in [0, 0.1) is 25.1 Å². The molecule has 2 fully saturated rings. The summed E-state index contributed by atoms with van der Waals surface area (Å²) in [4.78, 5) is 23.7. The molecule has 2 aliphatic rings. The van der Waals surface area contributed by atoms with Gasteiger partial charge in [-0.2, -0.15) is 0 Å². The summed E-state index contributed by atoms with van der Waals surface area (Å²) in [6, 6.07) is 4.13. The van der Waals surface area contributed by atoms with E-state index in [0.717, 1.165) is 0 Å². The van der Waals surface area contributed by atoms with Crippen LogP contribution in [0.15, 0.2) is 18.2 Å². The molecule has 1 unspecified atom stereocenters. The summed E-state index contributed by atoms with van der Waals surface area (Å²) in [5.74, 6) is -0.549. The molecule has 1 aromatic heterocycles. The van der Waals surface area contributed by atoms with Crippen molar-refractivity contribution in [2.24, 2.45) is 0 Å². The molecule has 1 saturated heterocycles. The normalized spacial score (nSPS) is 22.4. The van der Waals surface area contributed by atoms with E-state index < -0.39 is 11.7 Å². The summed E-state index contributed by atoms with van der Waals surface area (Å²) in [7, 11) is 0. The van der Waals surface area contributed by atoms with E-state index in [1.807, 2.05) is 0 Å². The van der Waals surface area contributed by atoms with Gasteiger partial charge in [-0.05, 0) is 38.8 Å². The van der Waals surface area contributed by atoms with Gasteiger partial charge in [-0.3, -0.25) is 4.79 Å². The van der Waals surface area contributed by atoms with E-state index in [1.165, 1.54) is 18.2 Å². The lowest BCUT2D eigenvalue weighted by molar-refractivity contribution is 0.0725. The SMILES string of the molecule is Cc1nc(C2CN(C(=O)c3ccc(F)cc3OC3CC(NCCO)C3)CC2=N)nc(C)c1Cl. The third-order valence-corrected chi connectivity index (χ3v) is 6.64. The van der Waals surface area contributed by atoms with Crippen molar-refractivity contribution in [3.63, 3.8) is 0 Å². The summed E-state index contributed by atoms with van der Waals surface area (Å²) >= 11 is 6.17. The smallest absolute Gasteiger partial charge is 0.257 e. The number of carbonyl (C=O) groups is 1. The molecule has 1 aliphatic carbocycles. The summed E-state index contributed by atoms with van der Waals surface area (Å²) in [5.41, 5.74) is 1.88. The number of rotatable bonds is 7. The molecule has 0 spiro atoms. The first-order chi connectivity index (χ1) is 15.8. The monoisotopic (exact) mass is 475 g/mol. The average molecular weight is 476 g/mol. The zero-order valence-electron chi connectivity index (χ0n) is 18.6. The van der Waals surface area contributed by atoms with E-state index in [4.69, 9.17) is 26.9 Å². The number of aromatic nitrogens is 2. The molecule has 3 N–H and O–H groups in total. The Morgan fingerprint density at radius 3 is 2.70 bits per heavy atom. The molecule has 1 amide bonds. The van der Waals surface area contributed by atoms with E-state index >= 15 is 0 Å². The van der Waals surface area contributed by atoms with Crippen LogP contribution in [0.1, 0.15) is 46.3 Å².